The van der Waals surface area contributed by atoms with E-state index >= 15 is 0 Å². The quantitative estimate of drug-likeness (QED) is 0.640. The normalized spacial score (nSPS) is 10.7. The van der Waals surface area contributed by atoms with E-state index in [1.165, 1.54) is 0 Å². The van der Waals surface area contributed by atoms with E-state index in [0.29, 0.717) is 22.7 Å². The van der Waals surface area contributed by atoms with E-state index in [2.05, 4.69) is 16.0 Å². The summed E-state index contributed by atoms with van der Waals surface area (Å²) in [7, 11) is 1.57. The van der Waals surface area contributed by atoms with Crippen LogP contribution in [-0.2, 0) is 9.53 Å². The minimum absolute atomic E-state index is 0.0962. The van der Waals surface area contributed by atoms with Gasteiger partial charge in [0.1, 0.15) is 11.4 Å². The molecule has 0 aliphatic heterocycles. The molecule has 0 saturated heterocycles. The van der Waals surface area contributed by atoms with Crippen molar-refractivity contribution in [1.29, 1.82) is 0 Å². The molecule has 0 heterocycles. The maximum Gasteiger partial charge on any atom is 0.407 e. The molecule has 0 radical (unpaired) electrons. The van der Waals surface area contributed by atoms with Crippen molar-refractivity contribution in [3.8, 4) is 5.75 Å². The van der Waals surface area contributed by atoms with E-state index in [1.807, 2.05) is 0 Å². The van der Waals surface area contributed by atoms with Crippen LogP contribution >= 0.6 is 0 Å². The summed E-state index contributed by atoms with van der Waals surface area (Å²) in [5.74, 6) is 0.176. The number of carbonyl (C=O) groups excluding carboxylic acids is 3. The molecule has 0 fully saturated rings. The van der Waals surface area contributed by atoms with Crippen LogP contribution in [0.25, 0.3) is 0 Å². The highest BCUT2D eigenvalue weighted by atomic mass is 16.6. The highest BCUT2D eigenvalue weighted by Gasteiger charge is 2.16. The monoisotopic (exact) mass is 413 g/mol. The number of nitrogens with one attached hydrogen (secondary N) is 3. The van der Waals surface area contributed by atoms with Crippen LogP contribution in [0.1, 0.15) is 37.6 Å². The number of anilines is 2. The molecule has 0 aliphatic rings. The summed E-state index contributed by atoms with van der Waals surface area (Å²) in [6, 6.07) is 13.5. The van der Waals surface area contributed by atoms with E-state index < -0.39 is 11.7 Å². The number of alkyl carbamates (subject to hydrolysis) is 1. The van der Waals surface area contributed by atoms with Crippen molar-refractivity contribution in [2.75, 3.05) is 24.3 Å². The van der Waals surface area contributed by atoms with Gasteiger partial charge >= 0.3 is 6.09 Å². The second kappa shape index (κ2) is 10.3. The Morgan fingerprint density at radius 1 is 0.867 bits per heavy atom. The molecule has 3 N–H and O–H groups in total. The number of carbonyl (C=O) groups is 3. The Kier molecular flexibility index (Phi) is 7.80. The van der Waals surface area contributed by atoms with Crippen molar-refractivity contribution < 1.29 is 23.9 Å². The lowest BCUT2D eigenvalue weighted by molar-refractivity contribution is -0.116. The second-order valence-electron chi connectivity index (χ2n) is 7.49. The van der Waals surface area contributed by atoms with E-state index in [4.69, 9.17) is 9.47 Å². The summed E-state index contributed by atoms with van der Waals surface area (Å²) in [6.07, 6.45) is -0.471. The summed E-state index contributed by atoms with van der Waals surface area (Å²) >= 11 is 0. The van der Waals surface area contributed by atoms with Gasteiger partial charge in [0.15, 0.2) is 0 Å². The molecule has 0 spiro atoms. The van der Waals surface area contributed by atoms with Crippen molar-refractivity contribution in [3.63, 3.8) is 0 Å². The lowest BCUT2D eigenvalue weighted by Gasteiger charge is -2.19. The van der Waals surface area contributed by atoms with Crippen LogP contribution in [0, 0.1) is 0 Å². The Balaban J connectivity index is 1.79. The predicted octanol–water partition coefficient (Wildman–Crippen LogP) is 3.80. The van der Waals surface area contributed by atoms with Crippen molar-refractivity contribution in [2.45, 2.75) is 32.8 Å². The molecular formula is C22H27N3O5. The highest BCUT2D eigenvalue weighted by Crippen LogP contribution is 2.17. The van der Waals surface area contributed by atoms with Crippen molar-refractivity contribution >= 4 is 29.3 Å². The molecule has 3 amide bonds. The highest BCUT2D eigenvalue weighted by molar-refractivity contribution is 6.04. The molecule has 2 aromatic carbocycles. The molecule has 8 heteroatoms. The van der Waals surface area contributed by atoms with E-state index in [-0.39, 0.29) is 24.8 Å². The fourth-order valence-electron chi connectivity index (χ4n) is 2.40. The Hall–Kier alpha value is -3.55. The van der Waals surface area contributed by atoms with Gasteiger partial charge in [-0.15, -0.1) is 0 Å². The first-order valence-corrected chi connectivity index (χ1v) is 9.48. The van der Waals surface area contributed by atoms with Gasteiger partial charge in [0.25, 0.3) is 5.91 Å². The van der Waals surface area contributed by atoms with Crippen LogP contribution in [0.15, 0.2) is 48.5 Å². The Labute approximate surface area is 175 Å². The largest absolute Gasteiger partial charge is 0.497 e. The van der Waals surface area contributed by atoms with E-state index in [9.17, 15) is 14.4 Å². The summed E-state index contributed by atoms with van der Waals surface area (Å²) < 4.78 is 10.2. The first-order chi connectivity index (χ1) is 14.2. The number of rotatable bonds is 7. The van der Waals surface area contributed by atoms with Gasteiger partial charge < -0.3 is 25.4 Å². The molecule has 0 saturated carbocycles. The molecule has 0 atom stereocenters. The van der Waals surface area contributed by atoms with Crippen molar-refractivity contribution in [1.82, 2.24) is 5.32 Å². The molecule has 0 aromatic heterocycles. The van der Waals surface area contributed by atoms with Gasteiger partial charge in [0, 0.05) is 29.9 Å². The predicted molar refractivity (Wildman–Crippen MR) is 115 cm³/mol. The number of methoxy groups -OCH3 is 1. The molecule has 160 valence electrons. The SMILES string of the molecule is COc1ccc(NC(=O)c2ccc(NC(=O)CCNC(=O)OC(C)(C)C)cc2)cc1. The number of hydrogen-bond donors (Lipinski definition) is 3. The maximum atomic E-state index is 12.3. The summed E-state index contributed by atoms with van der Waals surface area (Å²) in [5, 5.41) is 8.03. The van der Waals surface area contributed by atoms with Crippen molar-refractivity contribution in [3.05, 3.63) is 54.1 Å². The molecular weight excluding hydrogens is 386 g/mol. The summed E-state index contributed by atoms with van der Waals surface area (Å²) in [6.45, 7) is 5.45. The van der Waals surface area contributed by atoms with Crippen LogP contribution in [-0.4, -0.2) is 37.2 Å². The molecule has 2 rings (SSSR count). The van der Waals surface area contributed by atoms with Gasteiger partial charge in [-0.25, -0.2) is 4.79 Å². The Bertz CT molecular complexity index is 871. The van der Waals surface area contributed by atoms with Gasteiger partial charge in [-0.2, -0.15) is 0 Å². The first kappa shape index (κ1) is 22.7. The maximum absolute atomic E-state index is 12.3. The number of benzene rings is 2. The van der Waals surface area contributed by atoms with E-state index in [0.717, 1.165) is 0 Å². The van der Waals surface area contributed by atoms with Crippen molar-refractivity contribution in [2.24, 2.45) is 0 Å². The zero-order valence-corrected chi connectivity index (χ0v) is 17.6. The number of ether oxygens (including phenoxy) is 2. The lowest BCUT2D eigenvalue weighted by Crippen LogP contribution is -2.34. The third-order valence-electron chi connectivity index (χ3n) is 3.80. The van der Waals surface area contributed by atoms with Crippen LogP contribution in [0.2, 0.25) is 0 Å². The minimum atomic E-state index is -0.590. The average molecular weight is 413 g/mol. The molecule has 2 aromatic rings. The van der Waals surface area contributed by atoms with Gasteiger partial charge in [0.05, 0.1) is 7.11 Å². The minimum Gasteiger partial charge on any atom is -0.497 e. The fourth-order valence-corrected chi connectivity index (χ4v) is 2.40. The summed E-state index contributed by atoms with van der Waals surface area (Å²) in [5.41, 5.74) is 1.07. The van der Waals surface area contributed by atoms with Crippen LogP contribution in [0.5, 0.6) is 5.75 Å². The van der Waals surface area contributed by atoms with Gasteiger partial charge in [-0.05, 0) is 69.3 Å². The third-order valence-corrected chi connectivity index (χ3v) is 3.80. The molecule has 0 aliphatic carbocycles. The number of hydrogen-bond acceptors (Lipinski definition) is 5. The standard InChI is InChI=1S/C22H27N3O5/c1-22(2,3)30-21(28)23-14-13-19(26)24-16-7-5-15(6-8-16)20(27)25-17-9-11-18(29-4)12-10-17/h5-12H,13-14H2,1-4H3,(H,23,28)(H,24,26)(H,25,27). The van der Waals surface area contributed by atoms with Crippen LogP contribution in [0.4, 0.5) is 16.2 Å². The lowest BCUT2D eigenvalue weighted by atomic mass is 10.2. The van der Waals surface area contributed by atoms with E-state index in [1.54, 1.807) is 76.4 Å². The van der Waals surface area contributed by atoms with Gasteiger partial charge in [-0.3, -0.25) is 9.59 Å². The third kappa shape index (κ3) is 7.83. The molecule has 0 bridgehead atoms. The zero-order chi connectivity index (χ0) is 22.1. The average Bonchev–Trinajstić information content (AvgIpc) is 2.67. The molecule has 0 unspecified atom stereocenters. The van der Waals surface area contributed by atoms with Crippen LogP contribution in [0.3, 0.4) is 0 Å². The fraction of sp³-hybridized carbons (Fsp3) is 0.318. The molecule has 30 heavy (non-hydrogen) atoms. The van der Waals surface area contributed by atoms with Gasteiger partial charge in [-0.1, -0.05) is 0 Å². The second-order valence-corrected chi connectivity index (χ2v) is 7.49. The first-order valence-electron chi connectivity index (χ1n) is 9.48. The Morgan fingerprint density at radius 2 is 1.43 bits per heavy atom. The summed E-state index contributed by atoms with van der Waals surface area (Å²) in [4.78, 5) is 35.9. The number of amides is 3. The van der Waals surface area contributed by atoms with Gasteiger partial charge in [0.2, 0.25) is 5.91 Å². The Morgan fingerprint density at radius 3 is 2.00 bits per heavy atom. The molecule has 8 nitrogen and oxygen atoms in total. The topological polar surface area (TPSA) is 106 Å². The zero-order valence-electron chi connectivity index (χ0n) is 17.6. The van der Waals surface area contributed by atoms with Crippen LogP contribution < -0.4 is 20.7 Å². The smallest absolute Gasteiger partial charge is 0.407 e.